The predicted octanol–water partition coefficient (Wildman–Crippen LogP) is 11.4. The molecule has 4 unspecified atom stereocenters. The summed E-state index contributed by atoms with van der Waals surface area (Å²) in [7, 11) is -4.03. The molecule has 0 bridgehead atoms. The van der Waals surface area contributed by atoms with E-state index in [0.29, 0.717) is 107 Å². The van der Waals surface area contributed by atoms with Gasteiger partial charge in [0.1, 0.15) is 11.6 Å². The topological polar surface area (TPSA) is 149 Å². The summed E-state index contributed by atoms with van der Waals surface area (Å²) in [4.78, 5) is 26.0. The Labute approximate surface area is 389 Å². The van der Waals surface area contributed by atoms with E-state index in [0.717, 1.165) is 57.8 Å². The summed E-state index contributed by atoms with van der Waals surface area (Å²) < 4.78 is 31.2. The van der Waals surface area contributed by atoms with Crippen LogP contribution in [0.5, 0.6) is 0 Å². The van der Waals surface area contributed by atoms with Gasteiger partial charge in [-0.2, -0.15) is 8.42 Å². The molecule has 0 saturated heterocycles. The molecule has 0 radical (unpaired) electrons. The second-order valence-corrected chi connectivity index (χ2v) is 27.4. The van der Waals surface area contributed by atoms with Gasteiger partial charge in [0, 0.05) is 25.7 Å². The second kappa shape index (κ2) is 19.1. The van der Waals surface area contributed by atoms with Crippen LogP contribution < -0.4 is 0 Å². The van der Waals surface area contributed by atoms with Gasteiger partial charge < -0.3 is 15.3 Å². The van der Waals surface area contributed by atoms with Crippen LogP contribution in [0.3, 0.4) is 0 Å². The van der Waals surface area contributed by atoms with E-state index < -0.39 is 10.1 Å². The van der Waals surface area contributed by atoms with Crippen molar-refractivity contribution in [3.8, 4) is 0 Å². The fourth-order valence-corrected chi connectivity index (χ4v) is 19.9. The van der Waals surface area contributed by atoms with Crippen molar-refractivity contribution >= 4 is 21.7 Å². The van der Waals surface area contributed by atoms with Gasteiger partial charge in [0.05, 0.1) is 24.1 Å². The molecule has 4 N–H and O–H groups in total. The molecule has 8 aliphatic carbocycles. The molecule has 366 valence electrons. The molecule has 8 rings (SSSR count). The second-order valence-electron chi connectivity index (χ2n) is 25.9. The molecular weight excluding hydrogens is 821 g/mol. The third kappa shape index (κ3) is 9.43. The van der Waals surface area contributed by atoms with E-state index in [9.17, 15) is 33.3 Å². The molecule has 0 aromatic carbocycles. The summed E-state index contributed by atoms with van der Waals surface area (Å²) in [5.74, 6) is 7.07. The highest BCUT2D eigenvalue weighted by atomic mass is 32.2. The van der Waals surface area contributed by atoms with Gasteiger partial charge in [-0.05, 0) is 227 Å². The van der Waals surface area contributed by atoms with Crippen molar-refractivity contribution in [1.82, 2.24) is 0 Å². The summed E-state index contributed by atoms with van der Waals surface area (Å²) in [5, 5.41) is 34.1. The normalized spacial score (nSPS) is 47.3. The van der Waals surface area contributed by atoms with Crippen LogP contribution >= 0.6 is 0 Å². The highest BCUT2D eigenvalue weighted by molar-refractivity contribution is 7.85. The molecule has 0 aliphatic heterocycles. The smallest absolute Gasteiger partial charge is 0.264 e. The van der Waals surface area contributed by atoms with Crippen LogP contribution in [0.25, 0.3) is 0 Å². The predicted molar refractivity (Wildman–Crippen MR) is 254 cm³/mol. The summed E-state index contributed by atoms with van der Waals surface area (Å²) >= 11 is 0. The zero-order valence-corrected chi connectivity index (χ0v) is 42.0. The molecule has 0 heterocycles. The first-order valence-corrected chi connectivity index (χ1v) is 28.8. The average Bonchev–Trinajstić information content (AvgIpc) is 3.78. The van der Waals surface area contributed by atoms with Gasteiger partial charge in [-0.3, -0.25) is 14.1 Å². The average molecular weight is 913 g/mol. The SMILES string of the molecule is C[C@H](CCC(=O)CCCC[C@H]1CC[C@]2(C)C(C1)C[C@@H](O)[C@@H]1C3CC[C@@H]([C@@H](C)CCC(=O)CCCS(=O)(=O)O)[C@]3(C)CC[C@H]12)[C@H]1CCC2[C@@H]3[C@@H](O)CC4C[C@H](O)CC[C@]4(C)[C@H]3CC[C@@]21C. The Morgan fingerprint density at radius 2 is 1.00 bits per heavy atom. The van der Waals surface area contributed by atoms with Gasteiger partial charge in [0.25, 0.3) is 10.1 Å². The molecule has 8 saturated carbocycles. The van der Waals surface area contributed by atoms with E-state index in [-0.39, 0.29) is 58.9 Å². The Morgan fingerprint density at radius 3 is 1.52 bits per heavy atom. The van der Waals surface area contributed by atoms with Crippen molar-refractivity contribution in [3.63, 3.8) is 0 Å². The van der Waals surface area contributed by atoms with Crippen molar-refractivity contribution in [2.75, 3.05) is 5.75 Å². The zero-order chi connectivity index (χ0) is 46.0. The van der Waals surface area contributed by atoms with Crippen molar-refractivity contribution in [2.24, 2.45) is 98.6 Å². The molecule has 8 nitrogen and oxygen atoms in total. The number of aliphatic hydroxyl groups is 3. The number of hydrogen-bond acceptors (Lipinski definition) is 7. The van der Waals surface area contributed by atoms with Crippen molar-refractivity contribution in [3.05, 3.63) is 0 Å². The first-order chi connectivity index (χ1) is 30.2. The van der Waals surface area contributed by atoms with Crippen LogP contribution in [0, 0.1) is 98.6 Å². The largest absolute Gasteiger partial charge is 0.393 e. The first-order valence-electron chi connectivity index (χ1n) is 27.2. The fraction of sp³-hybridized carbons (Fsp3) is 0.964. The van der Waals surface area contributed by atoms with Crippen LogP contribution in [0.1, 0.15) is 208 Å². The van der Waals surface area contributed by atoms with E-state index in [4.69, 9.17) is 4.55 Å². The lowest BCUT2D eigenvalue weighted by molar-refractivity contribution is -0.174. The summed E-state index contributed by atoms with van der Waals surface area (Å²) in [6.07, 6.45) is 24.9. The minimum absolute atomic E-state index is 0.0900. The third-order valence-corrected chi connectivity index (χ3v) is 23.7. The van der Waals surface area contributed by atoms with Crippen molar-refractivity contribution in [1.29, 1.82) is 0 Å². The summed E-state index contributed by atoms with van der Waals surface area (Å²) in [5.41, 5.74) is 0.995. The standard InChI is InChI=1S/C55H92O8S/c1-34(42-18-20-45-51-47(24-28-55(42,45)6)53(4)26-22-41(58)31-38(53)33-49(51)60)13-15-39(56)11-8-7-10-36-21-25-52(3)37(30-36)32-48(59)50-44-19-17-43(54(44,5)27-23-46(50)52)35(2)14-16-40(57)12-9-29-64(61,62)63/h34-38,41-51,58-60H,7-33H2,1-6H3,(H,61,62,63)/t34-,35+,36+,37?,38?,41-,42-,43+,44?,45?,46-,47+,48-,49+,50-,51+,52-,53+,54+,55-/m1/s1. The van der Waals surface area contributed by atoms with Crippen LogP contribution in [-0.2, 0) is 19.7 Å². The molecule has 0 spiro atoms. The molecule has 8 fully saturated rings. The highest BCUT2D eigenvalue weighted by Crippen LogP contribution is 2.70. The number of ketones is 2. The van der Waals surface area contributed by atoms with Crippen LogP contribution in [0.2, 0.25) is 0 Å². The van der Waals surface area contributed by atoms with Gasteiger partial charge in [-0.25, -0.2) is 0 Å². The lowest BCUT2D eigenvalue weighted by Gasteiger charge is -2.62. The van der Waals surface area contributed by atoms with E-state index in [1.54, 1.807) is 0 Å². The number of Topliss-reactive ketones (excluding diaryl/α,β-unsaturated/α-hetero) is 2. The number of carbonyl (C=O) groups is 2. The lowest BCUT2D eigenvalue weighted by atomic mass is 9.43. The molecule has 9 heteroatoms. The van der Waals surface area contributed by atoms with E-state index in [1.165, 1.54) is 77.0 Å². The minimum atomic E-state index is -4.03. The first kappa shape index (κ1) is 49.5. The quantitative estimate of drug-likeness (QED) is 0.0832. The number of aliphatic hydroxyl groups excluding tert-OH is 3. The molecular formula is C55H92O8S. The Kier molecular flexibility index (Phi) is 14.8. The van der Waals surface area contributed by atoms with Crippen LogP contribution in [0.4, 0.5) is 0 Å². The van der Waals surface area contributed by atoms with Crippen molar-refractivity contribution < 1.29 is 37.9 Å². The number of hydrogen-bond donors (Lipinski definition) is 4. The Hall–Kier alpha value is -0.870. The van der Waals surface area contributed by atoms with Crippen LogP contribution in [-0.4, -0.2) is 63.9 Å². The third-order valence-electron chi connectivity index (χ3n) is 22.9. The molecule has 0 aromatic rings. The van der Waals surface area contributed by atoms with E-state index in [2.05, 4.69) is 41.5 Å². The van der Waals surface area contributed by atoms with Gasteiger partial charge in [-0.1, -0.05) is 54.4 Å². The maximum absolute atomic E-state index is 13.4. The maximum atomic E-state index is 13.4. The molecule has 0 amide bonds. The Morgan fingerprint density at radius 1 is 0.547 bits per heavy atom. The highest BCUT2D eigenvalue weighted by Gasteiger charge is 2.64. The maximum Gasteiger partial charge on any atom is 0.264 e. The number of unbranched alkanes of at least 4 members (excludes halogenated alkanes) is 1. The van der Waals surface area contributed by atoms with Gasteiger partial charge in [-0.15, -0.1) is 0 Å². The Bertz CT molecular complexity index is 1770. The van der Waals surface area contributed by atoms with Gasteiger partial charge in [0.2, 0.25) is 0 Å². The number of carbonyl (C=O) groups excluding carboxylic acids is 2. The molecule has 64 heavy (non-hydrogen) atoms. The fourth-order valence-electron chi connectivity index (χ4n) is 19.4. The minimum Gasteiger partial charge on any atom is -0.393 e. The van der Waals surface area contributed by atoms with E-state index in [1.807, 2.05) is 0 Å². The summed E-state index contributed by atoms with van der Waals surface area (Å²) in [6.45, 7) is 14.9. The van der Waals surface area contributed by atoms with Gasteiger partial charge >= 0.3 is 0 Å². The molecule has 20 atom stereocenters. The number of fused-ring (bicyclic) bond motifs is 10. The lowest BCUT2D eigenvalue weighted by Crippen LogP contribution is -2.58. The van der Waals surface area contributed by atoms with E-state index >= 15 is 0 Å². The zero-order valence-electron chi connectivity index (χ0n) is 41.2. The van der Waals surface area contributed by atoms with Gasteiger partial charge in [0.15, 0.2) is 0 Å². The van der Waals surface area contributed by atoms with Crippen LogP contribution in [0.15, 0.2) is 0 Å². The monoisotopic (exact) mass is 913 g/mol. The number of rotatable bonds is 17. The molecule has 0 aromatic heterocycles. The Balaban J connectivity index is 0.758. The molecule has 8 aliphatic rings. The van der Waals surface area contributed by atoms with Crippen molar-refractivity contribution in [2.45, 2.75) is 227 Å². The summed E-state index contributed by atoms with van der Waals surface area (Å²) in [6, 6.07) is 0.